The third-order valence-corrected chi connectivity index (χ3v) is 6.16. The fourth-order valence-electron chi connectivity index (χ4n) is 2.59. The highest BCUT2D eigenvalue weighted by atomic mass is 32.2. The van der Waals surface area contributed by atoms with E-state index in [0.29, 0.717) is 16.9 Å². The number of hydrogen-bond donors (Lipinski definition) is 2. The molecule has 1 fully saturated rings. The summed E-state index contributed by atoms with van der Waals surface area (Å²) < 4.78 is 1.17. The summed E-state index contributed by atoms with van der Waals surface area (Å²) in [6.07, 6.45) is 7.90. The maximum Gasteiger partial charge on any atom is 0.253 e. The smallest absolute Gasteiger partial charge is 0.253 e. The Morgan fingerprint density at radius 2 is 2.24 bits per heavy atom. The van der Waals surface area contributed by atoms with Crippen molar-refractivity contribution in [3.8, 4) is 0 Å². The number of carbonyl (C=O) groups is 1. The fraction of sp³-hybridized carbons (Fsp3) is 0.467. The number of aromatic amines is 1. The minimum atomic E-state index is 0.0305. The predicted molar refractivity (Wildman–Crippen MR) is 87.0 cm³/mol. The lowest BCUT2D eigenvalue weighted by Gasteiger charge is -2.28. The number of hydrogen-bond acceptors (Lipinski definition) is 4. The topological polar surface area (TPSA) is 57.8 Å². The molecular formula is C15H19N3OS2. The molecule has 0 aliphatic heterocycles. The normalized spacial score (nSPS) is 22.1. The van der Waals surface area contributed by atoms with E-state index in [0.717, 1.165) is 31.4 Å². The highest BCUT2D eigenvalue weighted by Crippen LogP contribution is 2.35. The van der Waals surface area contributed by atoms with Gasteiger partial charge < -0.3 is 10.3 Å². The molecule has 2 aromatic heterocycles. The van der Waals surface area contributed by atoms with Crippen LogP contribution in [0.15, 0.2) is 28.2 Å². The van der Waals surface area contributed by atoms with Gasteiger partial charge in [-0.15, -0.1) is 11.3 Å². The molecule has 4 nitrogen and oxygen atoms in total. The van der Waals surface area contributed by atoms with Gasteiger partial charge in [0.1, 0.15) is 4.34 Å². The van der Waals surface area contributed by atoms with E-state index in [9.17, 15) is 4.79 Å². The summed E-state index contributed by atoms with van der Waals surface area (Å²) in [5, 5.41) is 5.87. The van der Waals surface area contributed by atoms with Crippen molar-refractivity contribution in [3.63, 3.8) is 0 Å². The number of nitrogens with zero attached hydrogens (tertiary/aromatic N) is 1. The van der Waals surface area contributed by atoms with E-state index in [4.69, 9.17) is 0 Å². The molecule has 0 aromatic carbocycles. The summed E-state index contributed by atoms with van der Waals surface area (Å²) in [5.41, 5.74) is 1.82. The van der Waals surface area contributed by atoms with Crippen LogP contribution in [0.5, 0.6) is 0 Å². The van der Waals surface area contributed by atoms with Crippen molar-refractivity contribution in [1.29, 1.82) is 0 Å². The van der Waals surface area contributed by atoms with Crippen molar-refractivity contribution in [1.82, 2.24) is 15.3 Å². The second-order valence-electron chi connectivity index (χ2n) is 5.42. The molecule has 3 rings (SSSR count). The number of thioether (sulfide) groups is 1. The van der Waals surface area contributed by atoms with Crippen LogP contribution >= 0.6 is 23.1 Å². The molecule has 0 atom stereocenters. The van der Waals surface area contributed by atoms with Gasteiger partial charge in [-0.3, -0.25) is 4.79 Å². The lowest BCUT2D eigenvalue weighted by Crippen LogP contribution is -2.37. The number of aromatic nitrogens is 2. The Labute approximate surface area is 132 Å². The Morgan fingerprint density at radius 3 is 2.86 bits per heavy atom. The van der Waals surface area contributed by atoms with E-state index >= 15 is 0 Å². The van der Waals surface area contributed by atoms with E-state index in [-0.39, 0.29) is 5.91 Å². The molecule has 0 unspecified atom stereocenters. The average molecular weight is 321 g/mol. The summed E-state index contributed by atoms with van der Waals surface area (Å²) in [5.74, 6) is 0.0305. The van der Waals surface area contributed by atoms with E-state index in [1.54, 1.807) is 23.7 Å². The Kier molecular flexibility index (Phi) is 4.65. The second kappa shape index (κ2) is 6.66. The van der Waals surface area contributed by atoms with E-state index < -0.39 is 0 Å². The second-order valence-corrected chi connectivity index (χ2v) is 7.83. The third-order valence-electron chi connectivity index (χ3n) is 3.73. The molecule has 2 N–H and O–H groups in total. The van der Waals surface area contributed by atoms with Crippen LogP contribution in [0.1, 0.15) is 41.7 Å². The van der Waals surface area contributed by atoms with E-state index in [1.807, 2.05) is 24.8 Å². The first kappa shape index (κ1) is 14.7. The Morgan fingerprint density at radius 1 is 1.43 bits per heavy atom. The summed E-state index contributed by atoms with van der Waals surface area (Å²) in [4.78, 5) is 19.4. The van der Waals surface area contributed by atoms with E-state index in [2.05, 4.69) is 20.7 Å². The van der Waals surface area contributed by atoms with Crippen molar-refractivity contribution in [2.75, 3.05) is 0 Å². The van der Waals surface area contributed by atoms with Crippen LogP contribution in [-0.4, -0.2) is 27.2 Å². The first-order valence-electron chi connectivity index (χ1n) is 7.23. The monoisotopic (exact) mass is 321 g/mol. The zero-order valence-electron chi connectivity index (χ0n) is 12.0. The minimum absolute atomic E-state index is 0.0305. The number of rotatable bonds is 4. The average Bonchev–Trinajstić information content (AvgIpc) is 3.13. The highest BCUT2D eigenvalue weighted by molar-refractivity contribution is 8.01. The Hall–Kier alpha value is -1.27. The Bertz CT molecular complexity index is 586. The fourth-order valence-corrected chi connectivity index (χ4v) is 4.87. The minimum Gasteiger partial charge on any atom is -0.367 e. The van der Waals surface area contributed by atoms with Crippen LogP contribution in [0.3, 0.4) is 0 Å². The summed E-state index contributed by atoms with van der Waals surface area (Å²) >= 11 is 3.63. The number of nitrogens with one attached hydrogen (secondary N) is 2. The molecule has 6 heteroatoms. The molecule has 2 aromatic rings. The van der Waals surface area contributed by atoms with Crippen LogP contribution in [0, 0.1) is 6.92 Å². The molecule has 0 radical (unpaired) electrons. The van der Waals surface area contributed by atoms with Gasteiger partial charge in [-0.05, 0) is 38.7 Å². The van der Waals surface area contributed by atoms with E-state index in [1.165, 1.54) is 4.34 Å². The summed E-state index contributed by atoms with van der Waals surface area (Å²) in [7, 11) is 0. The number of H-pyrrole nitrogens is 1. The molecule has 2 heterocycles. The molecule has 1 amide bonds. The molecule has 1 saturated carbocycles. The lowest BCUT2D eigenvalue weighted by molar-refractivity contribution is 0.0928. The maximum absolute atomic E-state index is 12.0. The largest absolute Gasteiger partial charge is 0.367 e. The number of thiazole rings is 1. The van der Waals surface area contributed by atoms with Gasteiger partial charge >= 0.3 is 0 Å². The van der Waals surface area contributed by atoms with Crippen LogP contribution in [0.4, 0.5) is 0 Å². The van der Waals surface area contributed by atoms with Crippen molar-refractivity contribution in [2.45, 2.75) is 48.2 Å². The molecule has 1 aliphatic carbocycles. The van der Waals surface area contributed by atoms with Crippen LogP contribution in [0.2, 0.25) is 0 Å². The van der Waals surface area contributed by atoms with Gasteiger partial charge in [-0.1, -0.05) is 11.8 Å². The molecule has 0 bridgehead atoms. The molecular weight excluding hydrogens is 302 g/mol. The first-order chi connectivity index (χ1) is 10.2. The van der Waals surface area contributed by atoms with Crippen LogP contribution in [-0.2, 0) is 0 Å². The van der Waals surface area contributed by atoms with Gasteiger partial charge in [0.05, 0.1) is 5.56 Å². The van der Waals surface area contributed by atoms with Crippen molar-refractivity contribution < 1.29 is 4.79 Å². The van der Waals surface area contributed by atoms with Gasteiger partial charge in [0.25, 0.3) is 5.91 Å². The lowest BCUT2D eigenvalue weighted by atomic mass is 9.95. The molecule has 112 valence electrons. The van der Waals surface area contributed by atoms with Crippen LogP contribution in [0.25, 0.3) is 0 Å². The van der Waals surface area contributed by atoms with Crippen LogP contribution < -0.4 is 5.32 Å². The van der Waals surface area contributed by atoms with Gasteiger partial charge in [-0.25, -0.2) is 4.98 Å². The van der Waals surface area contributed by atoms with Gasteiger partial charge in [-0.2, -0.15) is 0 Å². The van der Waals surface area contributed by atoms with Crippen molar-refractivity contribution in [2.24, 2.45) is 0 Å². The van der Waals surface area contributed by atoms with Gasteiger partial charge in [0.15, 0.2) is 0 Å². The number of amides is 1. The number of carbonyl (C=O) groups excluding carboxylic acids is 1. The predicted octanol–water partition coefficient (Wildman–Crippen LogP) is 3.61. The quantitative estimate of drug-likeness (QED) is 0.904. The zero-order chi connectivity index (χ0) is 14.7. The summed E-state index contributed by atoms with van der Waals surface area (Å²) in [6.45, 7) is 2.04. The SMILES string of the molecule is Cc1csc(SC2CCC(NC(=O)c3cc[nH]c3)CC2)n1. The van der Waals surface area contributed by atoms with Gasteiger partial charge in [0, 0.05) is 34.8 Å². The van der Waals surface area contributed by atoms with Gasteiger partial charge in [0.2, 0.25) is 0 Å². The molecule has 0 spiro atoms. The van der Waals surface area contributed by atoms with Crippen molar-refractivity contribution in [3.05, 3.63) is 35.1 Å². The molecule has 1 aliphatic rings. The molecule has 0 saturated heterocycles. The van der Waals surface area contributed by atoms with Crippen molar-refractivity contribution >= 4 is 29.0 Å². The zero-order valence-corrected chi connectivity index (χ0v) is 13.6. The highest BCUT2D eigenvalue weighted by Gasteiger charge is 2.24. The molecule has 21 heavy (non-hydrogen) atoms. The third kappa shape index (κ3) is 3.89. The number of aryl methyl sites for hydroxylation is 1. The first-order valence-corrected chi connectivity index (χ1v) is 8.99. The summed E-state index contributed by atoms with van der Waals surface area (Å²) in [6, 6.07) is 2.11. The standard InChI is InChI=1S/C15H19N3OS2/c1-10-9-20-15(17-10)21-13-4-2-12(3-5-13)18-14(19)11-6-7-16-8-11/h6-9,12-13,16H,2-5H2,1H3,(H,18,19). The Balaban J connectivity index is 1.45. The maximum atomic E-state index is 12.0.